The van der Waals surface area contributed by atoms with Gasteiger partial charge in [0, 0.05) is 6.42 Å². The largest absolute Gasteiger partial charge is 0.508 e. The minimum atomic E-state index is -0.830. The van der Waals surface area contributed by atoms with Crippen LogP contribution in [-0.2, 0) is 20.7 Å². The van der Waals surface area contributed by atoms with Crippen molar-refractivity contribution in [3.63, 3.8) is 0 Å². The number of aromatic hydroxyl groups is 1. The summed E-state index contributed by atoms with van der Waals surface area (Å²) in [6.45, 7) is 5.66. The number of amides is 1. The SMILES string of the molecule is CC(C)(C)OC(=O)NC(Cc1ccc(O)cc1)C(=O)OCC1CC1. The number of hydrogen-bond donors (Lipinski definition) is 2. The Labute approximate surface area is 142 Å². The molecule has 132 valence electrons. The van der Waals surface area contributed by atoms with E-state index in [0.717, 1.165) is 18.4 Å². The molecule has 1 aromatic carbocycles. The number of carbonyl (C=O) groups excluding carboxylic acids is 2. The molecule has 1 saturated carbocycles. The van der Waals surface area contributed by atoms with E-state index in [1.165, 1.54) is 12.1 Å². The number of ether oxygens (including phenoxy) is 2. The first-order chi connectivity index (χ1) is 11.2. The molecule has 6 nitrogen and oxygen atoms in total. The third kappa shape index (κ3) is 6.48. The van der Waals surface area contributed by atoms with Crippen LogP contribution in [0.2, 0.25) is 0 Å². The van der Waals surface area contributed by atoms with Gasteiger partial charge in [0.1, 0.15) is 17.4 Å². The van der Waals surface area contributed by atoms with Crippen molar-refractivity contribution in [2.75, 3.05) is 6.61 Å². The molecule has 1 aromatic rings. The molecule has 1 amide bonds. The number of esters is 1. The molecule has 24 heavy (non-hydrogen) atoms. The molecule has 0 heterocycles. The summed E-state index contributed by atoms with van der Waals surface area (Å²) in [7, 11) is 0. The summed E-state index contributed by atoms with van der Waals surface area (Å²) in [5.41, 5.74) is 0.155. The quantitative estimate of drug-likeness (QED) is 0.781. The predicted octanol–water partition coefficient (Wildman–Crippen LogP) is 2.78. The van der Waals surface area contributed by atoms with Gasteiger partial charge in [-0.05, 0) is 57.2 Å². The zero-order valence-corrected chi connectivity index (χ0v) is 14.4. The summed E-state index contributed by atoms with van der Waals surface area (Å²) in [6.07, 6.45) is 1.77. The fourth-order valence-corrected chi connectivity index (χ4v) is 2.10. The summed E-state index contributed by atoms with van der Waals surface area (Å²) in [5, 5.41) is 11.9. The van der Waals surface area contributed by atoms with Gasteiger partial charge in [0.05, 0.1) is 6.61 Å². The van der Waals surface area contributed by atoms with E-state index in [1.54, 1.807) is 32.9 Å². The second-order valence-electron chi connectivity index (χ2n) is 7.14. The Bertz CT molecular complexity index is 572. The zero-order valence-electron chi connectivity index (χ0n) is 14.4. The lowest BCUT2D eigenvalue weighted by molar-refractivity contribution is -0.146. The summed E-state index contributed by atoms with van der Waals surface area (Å²) < 4.78 is 10.5. The number of carbonyl (C=O) groups is 2. The molecule has 0 bridgehead atoms. The van der Waals surface area contributed by atoms with Gasteiger partial charge in [-0.15, -0.1) is 0 Å². The molecule has 1 aliphatic rings. The maximum absolute atomic E-state index is 12.3. The van der Waals surface area contributed by atoms with Crippen molar-refractivity contribution in [1.82, 2.24) is 5.32 Å². The Kier molecular flexibility index (Phi) is 5.70. The normalized spacial score (nSPS) is 15.5. The number of benzene rings is 1. The second kappa shape index (κ2) is 7.55. The van der Waals surface area contributed by atoms with Gasteiger partial charge in [0.25, 0.3) is 0 Å². The molecule has 1 atom stereocenters. The minimum Gasteiger partial charge on any atom is -0.508 e. The van der Waals surface area contributed by atoms with Gasteiger partial charge >= 0.3 is 12.1 Å². The first-order valence-corrected chi connectivity index (χ1v) is 8.17. The number of phenols is 1. The van der Waals surface area contributed by atoms with Gasteiger partial charge in [-0.2, -0.15) is 0 Å². The number of rotatable bonds is 6. The number of hydrogen-bond acceptors (Lipinski definition) is 5. The van der Waals surface area contributed by atoms with Crippen molar-refractivity contribution in [3.05, 3.63) is 29.8 Å². The molecule has 0 saturated heterocycles. The Morgan fingerprint density at radius 3 is 2.42 bits per heavy atom. The minimum absolute atomic E-state index is 0.145. The fourth-order valence-electron chi connectivity index (χ4n) is 2.10. The first kappa shape index (κ1) is 18.1. The summed E-state index contributed by atoms with van der Waals surface area (Å²) >= 11 is 0. The van der Waals surface area contributed by atoms with Crippen molar-refractivity contribution in [2.24, 2.45) is 5.92 Å². The molecular weight excluding hydrogens is 310 g/mol. The van der Waals surface area contributed by atoms with Gasteiger partial charge in [0.15, 0.2) is 0 Å². The Morgan fingerprint density at radius 1 is 1.25 bits per heavy atom. The van der Waals surface area contributed by atoms with Crippen LogP contribution >= 0.6 is 0 Å². The molecule has 2 rings (SSSR count). The topological polar surface area (TPSA) is 84.9 Å². The Balaban J connectivity index is 2.00. The van der Waals surface area contributed by atoms with Crippen LogP contribution in [-0.4, -0.2) is 35.4 Å². The molecule has 0 aliphatic heterocycles. The Morgan fingerprint density at radius 2 is 1.88 bits per heavy atom. The van der Waals surface area contributed by atoms with E-state index in [9.17, 15) is 14.7 Å². The molecule has 0 radical (unpaired) electrons. The van der Waals surface area contributed by atoms with Crippen LogP contribution < -0.4 is 5.32 Å². The maximum Gasteiger partial charge on any atom is 0.408 e. The second-order valence-corrected chi connectivity index (χ2v) is 7.14. The van der Waals surface area contributed by atoms with Crippen molar-refractivity contribution < 1.29 is 24.2 Å². The van der Waals surface area contributed by atoms with Crippen LogP contribution in [0.15, 0.2) is 24.3 Å². The van der Waals surface area contributed by atoms with Gasteiger partial charge in [-0.25, -0.2) is 9.59 Å². The van der Waals surface area contributed by atoms with E-state index in [1.807, 2.05) is 0 Å². The molecule has 1 aliphatic carbocycles. The van der Waals surface area contributed by atoms with E-state index in [0.29, 0.717) is 12.5 Å². The summed E-state index contributed by atoms with van der Waals surface area (Å²) in [5.74, 6) is 0.123. The average molecular weight is 335 g/mol. The molecule has 1 fully saturated rings. The van der Waals surface area contributed by atoms with Gasteiger partial charge in [0.2, 0.25) is 0 Å². The van der Waals surface area contributed by atoms with Crippen molar-refractivity contribution in [1.29, 1.82) is 0 Å². The van der Waals surface area contributed by atoms with E-state index >= 15 is 0 Å². The van der Waals surface area contributed by atoms with Gasteiger partial charge in [-0.3, -0.25) is 0 Å². The lowest BCUT2D eigenvalue weighted by Crippen LogP contribution is -2.45. The third-order valence-electron chi connectivity index (χ3n) is 3.51. The highest BCUT2D eigenvalue weighted by molar-refractivity contribution is 5.81. The lowest BCUT2D eigenvalue weighted by Gasteiger charge is -2.23. The highest BCUT2D eigenvalue weighted by Crippen LogP contribution is 2.29. The average Bonchev–Trinajstić information content (AvgIpc) is 3.28. The summed E-state index contributed by atoms with van der Waals surface area (Å²) in [4.78, 5) is 24.3. The predicted molar refractivity (Wildman–Crippen MR) is 88.7 cm³/mol. The zero-order chi connectivity index (χ0) is 17.7. The van der Waals surface area contributed by atoms with E-state index in [2.05, 4.69) is 5.32 Å². The number of alkyl carbamates (subject to hydrolysis) is 1. The maximum atomic E-state index is 12.3. The van der Waals surface area contributed by atoms with Crippen LogP contribution in [0.25, 0.3) is 0 Å². The van der Waals surface area contributed by atoms with E-state index in [-0.39, 0.29) is 12.2 Å². The molecular formula is C18H25NO5. The van der Waals surface area contributed by atoms with Crippen molar-refractivity contribution in [2.45, 2.75) is 51.7 Å². The van der Waals surface area contributed by atoms with Crippen LogP contribution in [0.3, 0.4) is 0 Å². The molecule has 1 unspecified atom stereocenters. The first-order valence-electron chi connectivity index (χ1n) is 8.17. The number of phenolic OH excluding ortho intramolecular Hbond substituents is 1. The van der Waals surface area contributed by atoms with Crippen LogP contribution in [0.5, 0.6) is 5.75 Å². The molecule has 6 heteroatoms. The monoisotopic (exact) mass is 335 g/mol. The van der Waals surface area contributed by atoms with Gasteiger partial charge < -0.3 is 19.9 Å². The van der Waals surface area contributed by atoms with Gasteiger partial charge in [-0.1, -0.05) is 12.1 Å². The highest BCUT2D eigenvalue weighted by atomic mass is 16.6. The van der Waals surface area contributed by atoms with Crippen molar-refractivity contribution in [3.8, 4) is 5.75 Å². The van der Waals surface area contributed by atoms with E-state index < -0.39 is 23.7 Å². The van der Waals surface area contributed by atoms with Crippen molar-refractivity contribution >= 4 is 12.1 Å². The lowest BCUT2D eigenvalue weighted by atomic mass is 10.1. The van der Waals surface area contributed by atoms with Crippen LogP contribution in [0, 0.1) is 5.92 Å². The fraction of sp³-hybridized carbons (Fsp3) is 0.556. The molecule has 2 N–H and O–H groups in total. The smallest absolute Gasteiger partial charge is 0.408 e. The summed E-state index contributed by atoms with van der Waals surface area (Å²) in [6, 6.07) is 5.65. The molecule has 0 spiro atoms. The Hall–Kier alpha value is -2.24. The van der Waals surface area contributed by atoms with Crippen LogP contribution in [0.4, 0.5) is 4.79 Å². The third-order valence-corrected chi connectivity index (χ3v) is 3.51. The van der Waals surface area contributed by atoms with Crippen LogP contribution in [0.1, 0.15) is 39.2 Å². The highest BCUT2D eigenvalue weighted by Gasteiger charge is 2.28. The standard InChI is InChI=1S/C18H25NO5/c1-18(2,3)24-17(22)19-15(16(21)23-11-13-4-5-13)10-12-6-8-14(20)9-7-12/h6-9,13,15,20H,4-5,10-11H2,1-3H3,(H,19,22). The number of nitrogens with one attached hydrogen (secondary N) is 1. The molecule has 0 aromatic heterocycles. The van der Waals surface area contributed by atoms with E-state index in [4.69, 9.17) is 9.47 Å².